The van der Waals surface area contributed by atoms with E-state index in [2.05, 4.69) is 26.3 Å². The summed E-state index contributed by atoms with van der Waals surface area (Å²) in [7, 11) is 0. The molecule has 1 aliphatic carbocycles. The van der Waals surface area contributed by atoms with E-state index in [0.717, 1.165) is 15.6 Å². The van der Waals surface area contributed by atoms with Crippen LogP contribution in [0.2, 0.25) is 0 Å². The molecule has 1 atom stereocenters. The number of carbonyl (C=O) groups is 2. The number of fused-ring (bicyclic) bond motifs is 1. The van der Waals surface area contributed by atoms with Crippen LogP contribution < -0.4 is 5.32 Å². The highest BCUT2D eigenvalue weighted by Gasteiger charge is 2.38. The quantitative estimate of drug-likeness (QED) is 0.816. The highest BCUT2D eigenvalue weighted by Crippen LogP contribution is 2.27. The molecule has 2 N–H and O–H groups in total. The fourth-order valence-electron chi connectivity index (χ4n) is 3.03. The average molecular weight is 392 g/mol. The van der Waals surface area contributed by atoms with Crippen LogP contribution in [0.15, 0.2) is 41.1 Å². The normalized spacial score (nSPS) is 16.4. The van der Waals surface area contributed by atoms with Crippen LogP contribution in [0.4, 0.5) is 0 Å². The molecule has 3 rings (SSSR count). The van der Waals surface area contributed by atoms with Gasteiger partial charge in [0, 0.05) is 12.1 Å². The second-order valence-corrected chi connectivity index (χ2v) is 7.27. The van der Waals surface area contributed by atoms with Gasteiger partial charge in [-0.15, -0.1) is 0 Å². The average Bonchev–Trinajstić information content (AvgIpc) is 3.12. The van der Waals surface area contributed by atoms with Crippen LogP contribution in [-0.4, -0.2) is 32.3 Å². The van der Waals surface area contributed by atoms with Crippen molar-refractivity contribution in [2.45, 2.75) is 31.8 Å². The Bertz CT molecular complexity index is 764. The lowest BCUT2D eigenvalue weighted by molar-refractivity contribution is -0.148. The van der Waals surface area contributed by atoms with Crippen molar-refractivity contribution in [2.75, 3.05) is 0 Å². The highest BCUT2D eigenvalue weighted by molar-refractivity contribution is 9.10. The van der Waals surface area contributed by atoms with E-state index < -0.39 is 11.5 Å². The zero-order valence-corrected chi connectivity index (χ0v) is 14.8. The molecular formula is C17H18BrN3O3. The largest absolute Gasteiger partial charge is 0.479 e. The highest BCUT2D eigenvalue weighted by atomic mass is 79.9. The second kappa shape index (κ2) is 6.39. The van der Waals surface area contributed by atoms with Crippen LogP contribution in [0, 0.1) is 5.92 Å². The molecule has 126 valence electrons. The molecule has 0 fully saturated rings. The van der Waals surface area contributed by atoms with Crippen molar-refractivity contribution >= 4 is 27.8 Å². The summed E-state index contributed by atoms with van der Waals surface area (Å²) in [5.74, 6) is -1.55. The number of nitrogens with zero attached hydrogens (tertiary/aromatic N) is 2. The van der Waals surface area contributed by atoms with Crippen molar-refractivity contribution in [2.24, 2.45) is 5.92 Å². The van der Waals surface area contributed by atoms with Crippen molar-refractivity contribution in [3.05, 3.63) is 52.3 Å². The van der Waals surface area contributed by atoms with Gasteiger partial charge >= 0.3 is 5.97 Å². The zero-order chi connectivity index (χ0) is 17.3. The first-order valence-corrected chi connectivity index (χ1v) is 8.47. The van der Waals surface area contributed by atoms with Gasteiger partial charge in [-0.2, -0.15) is 5.10 Å². The van der Waals surface area contributed by atoms with Crippen LogP contribution in [0.25, 0.3) is 0 Å². The Labute approximate surface area is 148 Å². The first kappa shape index (κ1) is 16.7. The first-order valence-electron chi connectivity index (χ1n) is 7.67. The van der Waals surface area contributed by atoms with Gasteiger partial charge in [-0.3, -0.25) is 9.48 Å². The van der Waals surface area contributed by atoms with E-state index >= 15 is 0 Å². The summed E-state index contributed by atoms with van der Waals surface area (Å²) in [6.07, 6.45) is 4.55. The van der Waals surface area contributed by atoms with Crippen molar-refractivity contribution in [3.8, 4) is 0 Å². The second-order valence-electron chi connectivity index (χ2n) is 6.36. The van der Waals surface area contributed by atoms with E-state index in [1.54, 1.807) is 12.4 Å². The van der Waals surface area contributed by atoms with E-state index in [1.165, 1.54) is 11.6 Å². The molecule has 0 saturated heterocycles. The third-order valence-electron chi connectivity index (χ3n) is 4.37. The summed E-state index contributed by atoms with van der Waals surface area (Å²) < 4.78 is 2.26. The number of benzene rings is 1. The maximum Gasteiger partial charge on any atom is 0.331 e. The summed E-state index contributed by atoms with van der Waals surface area (Å²) >= 11 is 3.28. The molecule has 1 aliphatic rings. The molecule has 1 aromatic heterocycles. The first-order chi connectivity index (χ1) is 11.4. The molecule has 6 nitrogen and oxygen atoms in total. The van der Waals surface area contributed by atoms with E-state index in [0.29, 0.717) is 12.8 Å². The van der Waals surface area contributed by atoms with Crippen molar-refractivity contribution < 1.29 is 14.7 Å². The minimum atomic E-state index is -1.42. The molecular weight excluding hydrogens is 374 g/mol. The summed E-state index contributed by atoms with van der Waals surface area (Å²) in [4.78, 5) is 24.3. The van der Waals surface area contributed by atoms with Crippen molar-refractivity contribution in [3.63, 3.8) is 0 Å². The molecule has 0 bridgehead atoms. The molecule has 1 heterocycles. The van der Waals surface area contributed by atoms with Gasteiger partial charge in [0.25, 0.3) is 0 Å². The minimum absolute atomic E-state index is 0.0549. The van der Waals surface area contributed by atoms with Gasteiger partial charge in [-0.1, -0.05) is 24.3 Å². The number of carboxylic acids is 1. The minimum Gasteiger partial charge on any atom is -0.479 e. The number of carbonyl (C=O) groups excluding carboxylic acids is 1. The molecule has 7 heteroatoms. The monoisotopic (exact) mass is 391 g/mol. The Hall–Kier alpha value is -2.15. The summed E-state index contributed by atoms with van der Waals surface area (Å²) in [5, 5.41) is 16.4. The maximum atomic E-state index is 12.6. The standard InChI is InChI=1S/C17H18BrN3O3/c1-17(16(23)24,10-21-9-14(18)8-19-21)20-15(22)13-6-11-4-2-3-5-12(11)7-13/h2-5,8-9,13H,6-7,10H2,1H3,(H,20,22)(H,23,24). The molecule has 24 heavy (non-hydrogen) atoms. The number of carboxylic acid groups (broad SMARTS) is 1. The molecule has 2 aromatic rings. The van der Waals surface area contributed by atoms with Gasteiger partial charge in [0.2, 0.25) is 5.91 Å². The topological polar surface area (TPSA) is 84.2 Å². The van der Waals surface area contributed by atoms with Gasteiger partial charge in [0.1, 0.15) is 0 Å². The summed E-state index contributed by atoms with van der Waals surface area (Å²) in [5.41, 5.74) is 0.897. The van der Waals surface area contributed by atoms with Gasteiger partial charge in [0.05, 0.1) is 17.2 Å². The van der Waals surface area contributed by atoms with Crippen molar-refractivity contribution in [1.29, 1.82) is 0 Å². The Morgan fingerprint density at radius 3 is 2.50 bits per heavy atom. The maximum absolute atomic E-state index is 12.6. The van der Waals surface area contributed by atoms with Crippen LogP contribution in [0.1, 0.15) is 18.1 Å². The van der Waals surface area contributed by atoms with Crippen LogP contribution in [-0.2, 0) is 29.0 Å². The van der Waals surface area contributed by atoms with Crippen LogP contribution in [0.3, 0.4) is 0 Å². The fourth-order valence-corrected chi connectivity index (χ4v) is 3.36. The number of hydrogen-bond acceptors (Lipinski definition) is 3. The lowest BCUT2D eigenvalue weighted by Crippen LogP contribution is -2.56. The molecule has 1 aromatic carbocycles. The Morgan fingerprint density at radius 2 is 2.00 bits per heavy atom. The third kappa shape index (κ3) is 3.36. The van der Waals surface area contributed by atoms with Gasteiger partial charge in [0.15, 0.2) is 5.54 Å². The number of halogens is 1. The third-order valence-corrected chi connectivity index (χ3v) is 4.78. The number of rotatable bonds is 5. The SMILES string of the molecule is CC(Cn1cc(Br)cn1)(NC(=O)C1Cc2ccccc2C1)C(=O)O. The van der Waals surface area contributed by atoms with E-state index in [-0.39, 0.29) is 18.4 Å². The van der Waals surface area contributed by atoms with Gasteiger partial charge in [-0.25, -0.2) is 4.79 Å². The summed E-state index contributed by atoms with van der Waals surface area (Å²) in [6, 6.07) is 7.94. The van der Waals surface area contributed by atoms with E-state index in [9.17, 15) is 14.7 Å². The van der Waals surface area contributed by atoms with E-state index in [1.807, 2.05) is 24.3 Å². The van der Waals surface area contributed by atoms with Crippen LogP contribution >= 0.6 is 15.9 Å². The van der Waals surface area contributed by atoms with Crippen molar-refractivity contribution in [1.82, 2.24) is 15.1 Å². The number of aromatic nitrogens is 2. The van der Waals surface area contributed by atoms with E-state index in [4.69, 9.17) is 0 Å². The molecule has 0 aliphatic heterocycles. The molecule has 0 spiro atoms. The molecule has 1 unspecified atom stereocenters. The Kier molecular flexibility index (Phi) is 4.45. The smallest absolute Gasteiger partial charge is 0.331 e. The van der Waals surface area contributed by atoms with Gasteiger partial charge < -0.3 is 10.4 Å². The molecule has 0 saturated carbocycles. The zero-order valence-electron chi connectivity index (χ0n) is 13.2. The lowest BCUT2D eigenvalue weighted by atomic mass is 9.99. The van der Waals surface area contributed by atoms with Crippen LogP contribution in [0.5, 0.6) is 0 Å². The Balaban J connectivity index is 1.72. The predicted molar refractivity (Wildman–Crippen MR) is 91.5 cm³/mol. The Morgan fingerprint density at radius 1 is 1.38 bits per heavy atom. The van der Waals surface area contributed by atoms with Gasteiger partial charge in [-0.05, 0) is 46.8 Å². The number of aliphatic carboxylic acids is 1. The number of hydrogen-bond donors (Lipinski definition) is 2. The fraction of sp³-hybridized carbons (Fsp3) is 0.353. The number of nitrogens with one attached hydrogen (secondary N) is 1. The molecule has 1 amide bonds. The lowest BCUT2D eigenvalue weighted by Gasteiger charge is -2.27. The summed E-state index contributed by atoms with van der Waals surface area (Å²) in [6.45, 7) is 1.56. The predicted octanol–water partition coefficient (Wildman–Crippen LogP) is 2.02. The number of amides is 1. The molecule has 0 radical (unpaired) electrons.